The van der Waals surface area contributed by atoms with E-state index in [2.05, 4.69) is 4.98 Å². The fourth-order valence-corrected chi connectivity index (χ4v) is 1.62. The van der Waals surface area contributed by atoms with Crippen LogP contribution in [0.25, 0.3) is 0 Å². The van der Waals surface area contributed by atoms with Gasteiger partial charge in [-0.15, -0.1) is 0 Å². The second kappa shape index (κ2) is 5.67. The molecule has 1 heterocycles. The highest BCUT2D eigenvalue weighted by Crippen LogP contribution is 2.30. The Hall–Kier alpha value is -1.14. The van der Waals surface area contributed by atoms with Crippen molar-refractivity contribution < 1.29 is 13.2 Å². The molecule has 0 atom stereocenters. The third-order valence-electron chi connectivity index (χ3n) is 2.22. The van der Waals surface area contributed by atoms with Crippen molar-refractivity contribution in [2.24, 2.45) is 0 Å². The van der Waals surface area contributed by atoms with Gasteiger partial charge in [0.05, 0.1) is 17.0 Å². The monoisotopic (exact) mass is 261 g/mol. The van der Waals surface area contributed by atoms with E-state index in [0.29, 0.717) is 24.5 Å². The minimum Gasteiger partial charge on any atom is -0.304 e. The first kappa shape index (κ1) is 14.9. The zero-order valence-electron chi connectivity index (χ0n) is 11.0. The van der Waals surface area contributed by atoms with Gasteiger partial charge >= 0.3 is 6.18 Å². The number of hydrogen-bond acceptors (Lipinski definition) is 3. The van der Waals surface area contributed by atoms with Crippen LogP contribution < -0.4 is 0 Å². The molecule has 1 aromatic rings. The highest BCUT2D eigenvalue weighted by Gasteiger charge is 2.31. The van der Waals surface area contributed by atoms with Crippen molar-refractivity contribution in [2.75, 3.05) is 28.2 Å². The van der Waals surface area contributed by atoms with E-state index in [-0.39, 0.29) is 0 Å². The van der Waals surface area contributed by atoms with Gasteiger partial charge in [-0.3, -0.25) is 4.98 Å². The molecular weight excluding hydrogens is 243 g/mol. The largest absolute Gasteiger partial charge is 0.416 e. The number of aromatic nitrogens is 1. The van der Waals surface area contributed by atoms with Gasteiger partial charge in [0, 0.05) is 13.1 Å². The molecule has 102 valence electrons. The fourth-order valence-electron chi connectivity index (χ4n) is 1.62. The number of pyridine rings is 1. The summed E-state index contributed by atoms with van der Waals surface area (Å²) in [5, 5.41) is 0. The Labute approximate surface area is 105 Å². The van der Waals surface area contributed by atoms with Crippen LogP contribution in [0.2, 0.25) is 0 Å². The summed E-state index contributed by atoms with van der Waals surface area (Å²) in [7, 11) is 7.20. The van der Waals surface area contributed by atoms with Crippen LogP contribution in [0.5, 0.6) is 0 Å². The Morgan fingerprint density at radius 2 is 1.33 bits per heavy atom. The van der Waals surface area contributed by atoms with Gasteiger partial charge in [0.1, 0.15) is 0 Å². The molecule has 0 radical (unpaired) electrons. The van der Waals surface area contributed by atoms with Crippen molar-refractivity contribution in [1.29, 1.82) is 0 Å². The first-order valence-corrected chi connectivity index (χ1v) is 5.55. The molecule has 1 aromatic heterocycles. The standard InChI is InChI=1S/C12H18F3N3/c1-17(2)7-10-5-9(12(13,14)15)6-11(16-10)8-18(3)4/h5-6H,7-8H2,1-4H3. The Bertz CT molecular complexity index is 372. The second-order valence-corrected chi connectivity index (χ2v) is 4.81. The van der Waals surface area contributed by atoms with Crippen molar-refractivity contribution in [1.82, 2.24) is 14.8 Å². The first-order valence-electron chi connectivity index (χ1n) is 5.55. The minimum absolute atomic E-state index is 0.393. The van der Waals surface area contributed by atoms with E-state index >= 15 is 0 Å². The van der Waals surface area contributed by atoms with Crippen molar-refractivity contribution in [3.8, 4) is 0 Å². The van der Waals surface area contributed by atoms with Crippen LogP contribution in [-0.4, -0.2) is 43.0 Å². The van der Waals surface area contributed by atoms with E-state index in [1.165, 1.54) is 0 Å². The quantitative estimate of drug-likeness (QED) is 0.828. The van der Waals surface area contributed by atoms with Gasteiger partial charge in [-0.2, -0.15) is 13.2 Å². The van der Waals surface area contributed by atoms with Gasteiger partial charge in [0.2, 0.25) is 0 Å². The number of halogens is 3. The Morgan fingerprint density at radius 1 is 0.944 bits per heavy atom. The maximum Gasteiger partial charge on any atom is 0.416 e. The molecule has 3 nitrogen and oxygen atoms in total. The fraction of sp³-hybridized carbons (Fsp3) is 0.583. The maximum atomic E-state index is 12.8. The molecule has 0 N–H and O–H groups in total. The van der Waals surface area contributed by atoms with Crippen LogP contribution in [0.4, 0.5) is 13.2 Å². The summed E-state index contributed by atoms with van der Waals surface area (Å²) < 4.78 is 38.3. The summed E-state index contributed by atoms with van der Waals surface area (Å²) in [6.45, 7) is 0.786. The summed E-state index contributed by atoms with van der Waals surface area (Å²) >= 11 is 0. The lowest BCUT2D eigenvalue weighted by Crippen LogP contribution is -2.18. The van der Waals surface area contributed by atoms with Crippen LogP contribution in [-0.2, 0) is 19.3 Å². The summed E-state index contributed by atoms with van der Waals surface area (Å²) in [6.07, 6.45) is -4.33. The molecule has 0 aliphatic heterocycles. The summed E-state index contributed by atoms with van der Waals surface area (Å²) in [5.41, 5.74) is 0.240. The lowest BCUT2D eigenvalue weighted by molar-refractivity contribution is -0.137. The molecule has 0 saturated carbocycles. The van der Waals surface area contributed by atoms with Crippen LogP contribution in [0.15, 0.2) is 12.1 Å². The third-order valence-corrected chi connectivity index (χ3v) is 2.22. The molecule has 6 heteroatoms. The zero-order chi connectivity index (χ0) is 13.9. The van der Waals surface area contributed by atoms with E-state index in [1.54, 1.807) is 38.0 Å². The second-order valence-electron chi connectivity index (χ2n) is 4.81. The number of hydrogen-bond donors (Lipinski definition) is 0. The average molecular weight is 261 g/mol. The minimum atomic E-state index is -4.33. The molecule has 18 heavy (non-hydrogen) atoms. The van der Waals surface area contributed by atoms with E-state index in [9.17, 15) is 13.2 Å². The highest BCUT2D eigenvalue weighted by atomic mass is 19.4. The third kappa shape index (κ3) is 4.62. The summed E-state index contributed by atoms with van der Waals surface area (Å²) in [6, 6.07) is 2.22. The SMILES string of the molecule is CN(C)Cc1cc(C(F)(F)F)cc(CN(C)C)n1. The van der Waals surface area contributed by atoms with Gasteiger partial charge in [-0.1, -0.05) is 0 Å². The molecule has 0 fully saturated rings. The van der Waals surface area contributed by atoms with Crippen molar-refractivity contribution in [2.45, 2.75) is 19.3 Å². The van der Waals surface area contributed by atoms with Gasteiger partial charge < -0.3 is 9.80 Å². The molecular formula is C12H18F3N3. The molecule has 0 amide bonds. The smallest absolute Gasteiger partial charge is 0.304 e. The van der Waals surface area contributed by atoms with Gasteiger partial charge in [-0.25, -0.2) is 0 Å². The molecule has 0 unspecified atom stereocenters. The zero-order valence-corrected chi connectivity index (χ0v) is 11.0. The lowest BCUT2D eigenvalue weighted by atomic mass is 10.1. The molecule has 0 aliphatic rings. The Morgan fingerprint density at radius 3 is 1.61 bits per heavy atom. The van der Waals surface area contributed by atoms with Crippen LogP contribution in [0.3, 0.4) is 0 Å². The van der Waals surface area contributed by atoms with Gasteiger partial charge in [0.25, 0.3) is 0 Å². The van der Waals surface area contributed by atoms with Gasteiger partial charge in [-0.05, 0) is 40.3 Å². The molecule has 1 rings (SSSR count). The predicted octanol–water partition coefficient (Wildman–Crippen LogP) is 2.22. The lowest BCUT2D eigenvalue weighted by Gasteiger charge is -2.16. The van der Waals surface area contributed by atoms with Crippen molar-refractivity contribution in [3.05, 3.63) is 29.1 Å². The van der Waals surface area contributed by atoms with E-state index in [1.807, 2.05) is 0 Å². The number of nitrogens with zero attached hydrogens (tertiary/aromatic N) is 3. The molecule has 0 aliphatic carbocycles. The van der Waals surface area contributed by atoms with Crippen molar-refractivity contribution in [3.63, 3.8) is 0 Å². The molecule has 0 spiro atoms. The predicted molar refractivity (Wildman–Crippen MR) is 64.0 cm³/mol. The highest BCUT2D eigenvalue weighted by molar-refractivity contribution is 5.24. The van der Waals surface area contributed by atoms with Gasteiger partial charge in [0.15, 0.2) is 0 Å². The van der Waals surface area contributed by atoms with E-state index < -0.39 is 11.7 Å². The first-order chi connectivity index (χ1) is 8.18. The Balaban J connectivity index is 3.11. The summed E-state index contributed by atoms with van der Waals surface area (Å²) in [4.78, 5) is 7.83. The normalized spacial score (nSPS) is 12.5. The number of rotatable bonds is 4. The van der Waals surface area contributed by atoms with E-state index in [4.69, 9.17) is 0 Å². The molecule has 0 bridgehead atoms. The summed E-state index contributed by atoms with van der Waals surface area (Å²) in [5.74, 6) is 0. The maximum absolute atomic E-state index is 12.8. The van der Waals surface area contributed by atoms with Crippen LogP contribution >= 0.6 is 0 Å². The average Bonchev–Trinajstić information content (AvgIpc) is 2.13. The molecule has 0 aromatic carbocycles. The van der Waals surface area contributed by atoms with E-state index in [0.717, 1.165) is 12.1 Å². The number of alkyl halides is 3. The topological polar surface area (TPSA) is 19.4 Å². The molecule has 0 saturated heterocycles. The van der Waals surface area contributed by atoms with Crippen LogP contribution in [0, 0.1) is 0 Å². The van der Waals surface area contributed by atoms with Crippen LogP contribution in [0.1, 0.15) is 17.0 Å². The Kier molecular flexibility index (Phi) is 4.70. The van der Waals surface area contributed by atoms with Crippen molar-refractivity contribution >= 4 is 0 Å².